The quantitative estimate of drug-likeness (QED) is 0.688. The Labute approximate surface area is 124 Å². The van der Waals surface area contributed by atoms with Crippen LogP contribution in [0.4, 0.5) is 4.39 Å². The highest BCUT2D eigenvalue weighted by Crippen LogP contribution is 2.39. The van der Waals surface area contributed by atoms with Crippen molar-refractivity contribution in [1.82, 2.24) is 4.90 Å². The SMILES string of the molecule is Fc1cccc(CN2C3CCC2CC(Br)C3)c1Br. The number of benzene rings is 1. The predicted octanol–water partition coefficient (Wildman–Crippen LogP) is 4.48. The number of fused-ring (bicyclic) bond motifs is 2. The largest absolute Gasteiger partial charge is 0.293 e. The van der Waals surface area contributed by atoms with Crippen LogP contribution in [0.15, 0.2) is 22.7 Å². The molecule has 2 saturated heterocycles. The molecule has 2 fully saturated rings. The van der Waals surface area contributed by atoms with Crippen molar-refractivity contribution in [1.29, 1.82) is 0 Å². The predicted molar refractivity (Wildman–Crippen MR) is 78.4 cm³/mol. The monoisotopic (exact) mass is 375 g/mol. The number of piperidine rings is 1. The van der Waals surface area contributed by atoms with Gasteiger partial charge in [-0.3, -0.25) is 4.90 Å². The lowest BCUT2D eigenvalue weighted by Crippen LogP contribution is -2.42. The van der Waals surface area contributed by atoms with E-state index >= 15 is 0 Å². The summed E-state index contributed by atoms with van der Waals surface area (Å²) in [5.41, 5.74) is 1.07. The Hall–Kier alpha value is 0.0700. The lowest BCUT2D eigenvalue weighted by Gasteiger charge is -2.37. The number of hydrogen-bond donors (Lipinski definition) is 0. The molecule has 1 aromatic rings. The minimum Gasteiger partial charge on any atom is -0.293 e. The summed E-state index contributed by atoms with van der Waals surface area (Å²) in [6.07, 6.45) is 5.03. The molecule has 0 saturated carbocycles. The zero-order chi connectivity index (χ0) is 12.7. The Balaban J connectivity index is 1.79. The Kier molecular flexibility index (Phi) is 3.79. The molecule has 0 aromatic heterocycles. The van der Waals surface area contributed by atoms with Crippen LogP contribution in [-0.4, -0.2) is 21.8 Å². The second-order valence-electron chi connectivity index (χ2n) is 5.34. The molecule has 2 unspecified atom stereocenters. The van der Waals surface area contributed by atoms with Crippen LogP contribution in [-0.2, 0) is 6.54 Å². The van der Waals surface area contributed by atoms with Crippen molar-refractivity contribution in [2.24, 2.45) is 0 Å². The van der Waals surface area contributed by atoms with Crippen molar-refractivity contribution in [3.63, 3.8) is 0 Å². The third kappa shape index (κ3) is 2.39. The first-order valence-electron chi connectivity index (χ1n) is 6.48. The van der Waals surface area contributed by atoms with Gasteiger partial charge in [0.05, 0.1) is 4.47 Å². The van der Waals surface area contributed by atoms with Gasteiger partial charge >= 0.3 is 0 Å². The van der Waals surface area contributed by atoms with Gasteiger partial charge in [0.15, 0.2) is 0 Å². The Morgan fingerprint density at radius 3 is 2.56 bits per heavy atom. The zero-order valence-corrected chi connectivity index (χ0v) is 13.3. The molecule has 4 heteroatoms. The maximum atomic E-state index is 13.5. The van der Waals surface area contributed by atoms with Gasteiger partial charge in [-0.05, 0) is 53.2 Å². The van der Waals surface area contributed by atoms with E-state index in [0.717, 1.165) is 12.1 Å². The number of nitrogens with zero attached hydrogens (tertiary/aromatic N) is 1. The fourth-order valence-corrected chi connectivity index (χ4v) is 4.59. The van der Waals surface area contributed by atoms with E-state index in [9.17, 15) is 4.39 Å². The van der Waals surface area contributed by atoms with E-state index in [0.29, 0.717) is 21.4 Å². The van der Waals surface area contributed by atoms with E-state index in [2.05, 4.69) is 36.8 Å². The molecule has 2 atom stereocenters. The Morgan fingerprint density at radius 2 is 1.89 bits per heavy atom. The first-order valence-corrected chi connectivity index (χ1v) is 8.18. The van der Waals surface area contributed by atoms with Crippen molar-refractivity contribution in [2.45, 2.75) is 49.1 Å². The second kappa shape index (κ2) is 5.22. The van der Waals surface area contributed by atoms with Crippen molar-refractivity contribution in [2.75, 3.05) is 0 Å². The van der Waals surface area contributed by atoms with Gasteiger partial charge in [0.2, 0.25) is 0 Å². The van der Waals surface area contributed by atoms with Crippen LogP contribution in [0.3, 0.4) is 0 Å². The van der Waals surface area contributed by atoms with Gasteiger partial charge in [-0.2, -0.15) is 0 Å². The number of halogens is 3. The van der Waals surface area contributed by atoms with E-state index in [1.807, 2.05) is 6.07 Å². The van der Waals surface area contributed by atoms with Crippen molar-refractivity contribution < 1.29 is 4.39 Å². The van der Waals surface area contributed by atoms with Gasteiger partial charge in [0.1, 0.15) is 5.82 Å². The van der Waals surface area contributed by atoms with Crippen LogP contribution in [0.5, 0.6) is 0 Å². The van der Waals surface area contributed by atoms with Crippen LogP contribution in [0.1, 0.15) is 31.2 Å². The van der Waals surface area contributed by atoms with E-state index in [1.165, 1.54) is 31.7 Å². The highest BCUT2D eigenvalue weighted by atomic mass is 79.9. The number of hydrogen-bond acceptors (Lipinski definition) is 1. The van der Waals surface area contributed by atoms with E-state index in [4.69, 9.17) is 0 Å². The summed E-state index contributed by atoms with van der Waals surface area (Å²) < 4.78 is 14.2. The summed E-state index contributed by atoms with van der Waals surface area (Å²) in [6, 6.07) is 6.67. The summed E-state index contributed by atoms with van der Waals surface area (Å²) in [7, 11) is 0. The molecule has 2 aliphatic rings. The standard InChI is InChI=1S/C14H16Br2FN/c15-10-6-11-4-5-12(7-10)18(11)8-9-2-1-3-13(17)14(9)16/h1-3,10-12H,4-8H2. The van der Waals surface area contributed by atoms with E-state index < -0.39 is 0 Å². The zero-order valence-electron chi connectivity index (χ0n) is 10.1. The average Bonchev–Trinajstić information content (AvgIpc) is 2.58. The molecule has 2 bridgehead atoms. The molecule has 2 aliphatic heterocycles. The van der Waals surface area contributed by atoms with Crippen molar-refractivity contribution in [3.8, 4) is 0 Å². The van der Waals surface area contributed by atoms with Crippen LogP contribution < -0.4 is 0 Å². The fourth-order valence-electron chi connectivity index (χ4n) is 3.33. The first kappa shape index (κ1) is 13.1. The highest BCUT2D eigenvalue weighted by Gasteiger charge is 2.39. The third-order valence-electron chi connectivity index (χ3n) is 4.21. The summed E-state index contributed by atoms with van der Waals surface area (Å²) in [6.45, 7) is 0.868. The smallest absolute Gasteiger partial charge is 0.137 e. The summed E-state index contributed by atoms with van der Waals surface area (Å²) >= 11 is 7.12. The molecular weight excluding hydrogens is 361 g/mol. The van der Waals surface area contributed by atoms with E-state index in [1.54, 1.807) is 6.07 Å². The van der Waals surface area contributed by atoms with Crippen LogP contribution in [0, 0.1) is 5.82 Å². The van der Waals surface area contributed by atoms with Gasteiger partial charge in [-0.25, -0.2) is 4.39 Å². The fraction of sp³-hybridized carbons (Fsp3) is 0.571. The second-order valence-corrected chi connectivity index (χ2v) is 7.43. The molecule has 18 heavy (non-hydrogen) atoms. The minimum atomic E-state index is -0.157. The molecular formula is C14H16Br2FN. The molecule has 2 heterocycles. The molecule has 1 aromatic carbocycles. The maximum absolute atomic E-state index is 13.5. The minimum absolute atomic E-state index is 0.157. The molecule has 0 amide bonds. The van der Waals surface area contributed by atoms with Crippen LogP contribution >= 0.6 is 31.9 Å². The molecule has 0 spiro atoms. The summed E-state index contributed by atoms with van der Waals surface area (Å²) in [5.74, 6) is -0.157. The van der Waals surface area contributed by atoms with Crippen LogP contribution in [0.25, 0.3) is 0 Å². The average molecular weight is 377 g/mol. The first-order chi connectivity index (χ1) is 8.65. The van der Waals surface area contributed by atoms with Gasteiger partial charge in [-0.15, -0.1) is 0 Å². The summed E-state index contributed by atoms with van der Waals surface area (Å²) in [4.78, 5) is 3.24. The van der Waals surface area contributed by atoms with Crippen LogP contribution in [0.2, 0.25) is 0 Å². The Bertz CT molecular complexity index is 437. The molecule has 98 valence electrons. The van der Waals surface area contributed by atoms with Gasteiger partial charge in [0, 0.05) is 23.5 Å². The lowest BCUT2D eigenvalue weighted by molar-refractivity contribution is 0.136. The van der Waals surface area contributed by atoms with Gasteiger partial charge in [0.25, 0.3) is 0 Å². The van der Waals surface area contributed by atoms with Crippen molar-refractivity contribution in [3.05, 3.63) is 34.1 Å². The normalized spacial score (nSPS) is 31.8. The maximum Gasteiger partial charge on any atom is 0.137 e. The van der Waals surface area contributed by atoms with Gasteiger partial charge < -0.3 is 0 Å². The highest BCUT2D eigenvalue weighted by molar-refractivity contribution is 9.10. The molecule has 3 rings (SSSR count). The third-order valence-corrected chi connectivity index (χ3v) is 5.85. The van der Waals surface area contributed by atoms with Gasteiger partial charge in [-0.1, -0.05) is 28.1 Å². The molecule has 0 aliphatic carbocycles. The Morgan fingerprint density at radius 1 is 1.22 bits per heavy atom. The van der Waals surface area contributed by atoms with Crippen molar-refractivity contribution >= 4 is 31.9 Å². The lowest BCUT2D eigenvalue weighted by atomic mass is 10.0. The van der Waals surface area contributed by atoms with E-state index in [-0.39, 0.29) is 5.82 Å². The number of rotatable bonds is 2. The topological polar surface area (TPSA) is 3.24 Å². The molecule has 0 radical (unpaired) electrons. The molecule has 1 nitrogen and oxygen atoms in total. The number of alkyl halides is 1. The molecule has 0 N–H and O–H groups in total. The summed E-state index contributed by atoms with van der Waals surface area (Å²) in [5, 5.41) is 0.